The first-order valence-electron chi connectivity index (χ1n) is 5.07. The Labute approximate surface area is 107 Å². The second-order valence-electron chi connectivity index (χ2n) is 3.45. The maximum atomic E-state index is 10.7. The molecular weight excluding hydrogens is 258 g/mol. The zero-order valence-electron chi connectivity index (χ0n) is 9.23. The topological polar surface area (TPSA) is 95.9 Å². The highest BCUT2D eigenvalue weighted by atomic mass is 35.5. The van der Waals surface area contributed by atoms with E-state index >= 15 is 0 Å². The molecule has 0 saturated carbocycles. The van der Waals surface area contributed by atoms with Gasteiger partial charge in [-0.1, -0.05) is 23.7 Å². The van der Waals surface area contributed by atoms with Crippen molar-refractivity contribution in [3.63, 3.8) is 0 Å². The highest BCUT2D eigenvalue weighted by molar-refractivity contribution is 6.30. The van der Waals surface area contributed by atoms with Gasteiger partial charge in [0.15, 0.2) is 6.33 Å². The summed E-state index contributed by atoms with van der Waals surface area (Å²) >= 11 is 5.81. The molecule has 1 amide bonds. The SMILES string of the molecule is NC(=O)OCC(c1ccc(Cl)cc1)n1ncnn1. The Morgan fingerprint density at radius 1 is 1.44 bits per heavy atom. The third-order valence-electron chi connectivity index (χ3n) is 2.28. The van der Waals surface area contributed by atoms with Gasteiger partial charge in [0.25, 0.3) is 0 Å². The average molecular weight is 268 g/mol. The maximum absolute atomic E-state index is 10.7. The normalized spacial score (nSPS) is 12.1. The first-order valence-corrected chi connectivity index (χ1v) is 5.45. The largest absolute Gasteiger partial charge is 0.447 e. The van der Waals surface area contributed by atoms with Gasteiger partial charge in [-0.3, -0.25) is 0 Å². The van der Waals surface area contributed by atoms with E-state index in [0.717, 1.165) is 5.56 Å². The van der Waals surface area contributed by atoms with Gasteiger partial charge < -0.3 is 10.5 Å². The fourth-order valence-corrected chi connectivity index (χ4v) is 1.59. The van der Waals surface area contributed by atoms with Gasteiger partial charge in [0.2, 0.25) is 0 Å². The summed E-state index contributed by atoms with van der Waals surface area (Å²) in [7, 11) is 0. The van der Waals surface area contributed by atoms with Gasteiger partial charge in [0, 0.05) is 5.02 Å². The number of nitrogens with zero attached hydrogens (tertiary/aromatic N) is 4. The Bertz CT molecular complexity index is 514. The first kappa shape index (κ1) is 12.3. The molecule has 0 aliphatic rings. The van der Waals surface area contributed by atoms with Crippen molar-refractivity contribution in [3.05, 3.63) is 41.2 Å². The van der Waals surface area contributed by atoms with Gasteiger partial charge >= 0.3 is 6.09 Å². The number of nitrogens with two attached hydrogens (primary N) is 1. The van der Waals surface area contributed by atoms with E-state index in [1.54, 1.807) is 24.3 Å². The number of tetrazole rings is 1. The summed E-state index contributed by atoms with van der Waals surface area (Å²) < 4.78 is 4.79. The van der Waals surface area contributed by atoms with Crippen LogP contribution >= 0.6 is 11.6 Å². The third kappa shape index (κ3) is 2.95. The molecule has 1 unspecified atom stereocenters. The van der Waals surface area contributed by atoms with E-state index in [0.29, 0.717) is 5.02 Å². The number of benzene rings is 1. The molecule has 1 aromatic carbocycles. The summed E-state index contributed by atoms with van der Waals surface area (Å²) in [5.74, 6) is 0. The van der Waals surface area contributed by atoms with E-state index in [9.17, 15) is 4.79 Å². The summed E-state index contributed by atoms with van der Waals surface area (Å²) in [6, 6.07) is 6.65. The number of hydrogen-bond donors (Lipinski definition) is 1. The molecule has 0 radical (unpaired) electrons. The van der Waals surface area contributed by atoms with Crippen molar-refractivity contribution in [1.29, 1.82) is 0 Å². The number of carbonyl (C=O) groups is 1. The van der Waals surface area contributed by atoms with Crippen molar-refractivity contribution in [2.45, 2.75) is 6.04 Å². The van der Waals surface area contributed by atoms with Gasteiger partial charge in [-0.2, -0.15) is 4.80 Å². The summed E-state index contributed by atoms with van der Waals surface area (Å²) in [5.41, 5.74) is 5.78. The highest BCUT2D eigenvalue weighted by Gasteiger charge is 2.17. The van der Waals surface area contributed by atoms with Crippen molar-refractivity contribution in [3.8, 4) is 0 Å². The molecule has 8 heteroatoms. The van der Waals surface area contributed by atoms with Gasteiger partial charge in [-0.25, -0.2) is 4.79 Å². The minimum Gasteiger partial charge on any atom is -0.447 e. The maximum Gasteiger partial charge on any atom is 0.404 e. The summed E-state index contributed by atoms with van der Waals surface area (Å²) in [5, 5.41) is 11.9. The van der Waals surface area contributed by atoms with Crippen LogP contribution in [0.4, 0.5) is 4.79 Å². The molecule has 1 aromatic heterocycles. The lowest BCUT2D eigenvalue weighted by molar-refractivity contribution is 0.139. The number of primary amides is 1. The summed E-state index contributed by atoms with van der Waals surface area (Å²) in [6.45, 7) is 0.0212. The molecule has 18 heavy (non-hydrogen) atoms. The van der Waals surface area contributed by atoms with Crippen molar-refractivity contribution < 1.29 is 9.53 Å². The van der Waals surface area contributed by atoms with Gasteiger partial charge in [0.05, 0.1) is 0 Å². The van der Waals surface area contributed by atoms with Gasteiger partial charge in [0.1, 0.15) is 12.6 Å². The standard InChI is InChI=1S/C10H10ClN5O2/c11-8-3-1-7(2-4-8)9(5-18-10(12)17)16-14-6-13-15-16/h1-4,6,9H,5H2,(H2,12,17). The molecule has 0 bridgehead atoms. The molecule has 0 saturated heterocycles. The fraction of sp³-hybridized carbons (Fsp3) is 0.200. The van der Waals surface area contributed by atoms with Crippen molar-refractivity contribution in [1.82, 2.24) is 20.2 Å². The molecule has 0 aliphatic heterocycles. The fourth-order valence-electron chi connectivity index (χ4n) is 1.46. The molecule has 94 valence electrons. The van der Waals surface area contributed by atoms with Gasteiger partial charge in [-0.05, 0) is 22.9 Å². The van der Waals surface area contributed by atoms with Crippen molar-refractivity contribution >= 4 is 17.7 Å². The Kier molecular flexibility index (Phi) is 3.73. The lowest BCUT2D eigenvalue weighted by Gasteiger charge is -2.15. The van der Waals surface area contributed by atoms with E-state index < -0.39 is 12.1 Å². The van der Waals surface area contributed by atoms with E-state index in [2.05, 4.69) is 15.4 Å². The molecule has 7 nitrogen and oxygen atoms in total. The molecule has 2 aromatic rings. The number of ether oxygens (including phenoxy) is 1. The summed E-state index contributed by atoms with van der Waals surface area (Å²) in [6.07, 6.45) is 0.446. The number of halogens is 1. The van der Waals surface area contributed by atoms with E-state index in [1.165, 1.54) is 11.1 Å². The lowest BCUT2D eigenvalue weighted by atomic mass is 10.1. The first-order chi connectivity index (χ1) is 8.66. The van der Waals surface area contributed by atoms with Crippen LogP contribution in [0.2, 0.25) is 5.02 Å². The van der Waals surface area contributed by atoms with Crippen LogP contribution in [0.5, 0.6) is 0 Å². The van der Waals surface area contributed by atoms with Crippen LogP contribution in [0.3, 0.4) is 0 Å². The van der Waals surface area contributed by atoms with Crippen LogP contribution in [0.25, 0.3) is 0 Å². The van der Waals surface area contributed by atoms with Crippen LogP contribution in [-0.2, 0) is 4.74 Å². The molecule has 0 fully saturated rings. The minimum atomic E-state index is -0.853. The Balaban J connectivity index is 2.24. The van der Waals surface area contributed by atoms with Crippen molar-refractivity contribution in [2.75, 3.05) is 6.61 Å². The highest BCUT2D eigenvalue weighted by Crippen LogP contribution is 2.19. The smallest absolute Gasteiger partial charge is 0.404 e. The van der Waals surface area contributed by atoms with Crippen LogP contribution in [-0.4, -0.2) is 32.9 Å². The average Bonchev–Trinajstić information content (AvgIpc) is 2.85. The molecule has 0 spiro atoms. The molecule has 1 heterocycles. The predicted octanol–water partition coefficient (Wildman–Crippen LogP) is 1.01. The van der Waals surface area contributed by atoms with Crippen LogP contribution in [0.1, 0.15) is 11.6 Å². The molecule has 2 N–H and O–H groups in total. The number of hydrogen-bond acceptors (Lipinski definition) is 5. The van der Waals surface area contributed by atoms with Crippen LogP contribution in [0.15, 0.2) is 30.6 Å². The Morgan fingerprint density at radius 3 is 2.72 bits per heavy atom. The number of carbonyl (C=O) groups excluding carboxylic acids is 1. The van der Waals surface area contributed by atoms with Crippen LogP contribution in [0, 0.1) is 0 Å². The van der Waals surface area contributed by atoms with E-state index in [4.69, 9.17) is 22.1 Å². The zero-order valence-corrected chi connectivity index (χ0v) is 9.99. The van der Waals surface area contributed by atoms with E-state index in [1.807, 2.05) is 0 Å². The lowest BCUT2D eigenvalue weighted by Crippen LogP contribution is -2.24. The second kappa shape index (κ2) is 5.46. The number of rotatable bonds is 4. The molecular formula is C10H10ClN5O2. The zero-order chi connectivity index (χ0) is 13.0. The Hall–Kier alpha value is -2.15. The minimum absolute atomic E-state index is 0.0212. The van der Waals surface area contributed by atoms with Crippen LogP contribution < -0.4 is 5.73 Å². The molecule has 2 rings (SSSR count). The number of amides is 1. The number of aromatic nitrogens is 4. The summed E-state index contributed by atoms with van der Waals surface area (Å²) in [4.78, 5) is 12.0. The molecule has 0 aliphatic carbocycles. The molecule has 1 atom stereocenters. The third-order valence-corrected chi connectivity index (χ3v) is 2.53. The quantitative estimate of drug-likeness (QED) is 0.892. The second-order valence-corrected chi connectivity index (χ2v) is 3.89. The Morgan fingerprint density at radius 2 is 2.17 bits per heavy atom. The monoisotopic (exact) mass is 267 g/mol. The predicted molar refractivity (Wildman–Crippen MR) is 62.9 cm³/mol. The van der Waals surface area contributed by atoms with Crippen molar-refractivity contribution in [2.24, 2.45) is 5.73 Å². The van der Waals surface area contributed by atoms with E-state index in [-0.39, 0.29) is 6.61 Å². The van der Waals surface area contributed by atoms with Gasteiger partial charge in [-0.15, -0.1) is 10.2 Å².